The second-order valence-corrected chi connectivity index (χ2v) is 7.85. The lowest BCUT2D eigenvalue weighted by atomic mass is 9.81. The SMILES string of the molecule is COc1cc(C(C)NC(=O)C2(N)CCCCC2)ccc1OC1CCCC1. The van der Waals surface area contributed by atoms with E-state index >= 15 is 0 Å². The van der Waals surface area contributed by atoms with E-state index in [0.29, 0.717) is 0 Å². The van der Waals surface area contributed by atoms with Crippen LogP contribution in [0.15, 0.2) is 18.2 Å². The molecule has 1 aromatic rings. The predicted molar refractivity (Wildman–Crippen MR) is 102 cm³/mol. The highest BCUT2D eigenvalue weighted by atomic mass is 16.5. The summed E-state index contributed by atoms with van der Waals surface area (Å²) in [7, 11) is 1.65. The van der Waals surface area contributed by atoms with Gasteiger partial charge in [-0.25, -0.2) is 0 Å². The molecule has 1 atom stereocenters. The molecule has 1 amide bonds. The van der Waals surface area contributed by atoms with Crippen molar-refractivity contribution in [3.8, 4) is 11.5 Å². The number of methoxy groups -OCH3 is 1. The number of amides is 1. The van der Waals surface area contributed by atoms with E-state index < -0.39 is 5.54 Å². The minimum atomic E-state index is -0.720. The second kappa shape index (κ2) is 8.30. The van der Waals surface area contributed by atoms with E-state index in [1.807, 2.05) is 25.1 Å². The summed E-state index contributed by atoms with van der Waals surface area (Å²) in [5.41, 5.74) is 6.62. The van der Waals surface area contributed by atoms with E-state index in [9.17, 15) is 4.79 Å². The molecule has 2 aliphatic rings. The normalized spacial score (nSPS) is 21.2. The first-order chi connectivity index (χ1) is 12.5. The van der Waals surface area contributed by atoms with Gasteiger partial charge in [-0.1, -0.05) is 25.3 Å². The standard InChI is InChI=1S/C21H32N2O3/c1-15(23-20(24)21(22)12-6-3-7-13-21)16-10-11-18(19(14-16)25-2)26-17-8-4-5-9-17/h10-11,14-15,17H,3-9,12-13,22H2,1-2H3,(H,23,24). The summed E-state index contributed by atoms with van der Waals surface area (Å²) in [5, 5.41) is 3.09. The van der Waals surface area contributed by atoms with Crippen molar-refractivity contribution in [2.75, 3.05) is 7.11 Å². The van der Waals surface area contributed by atoms with Crippen molar-refractivity contribution in [2.45, 2.75) is 82.4 Å². The van der Waals surface area contributed by atoms with Crippen LogP contribution in [0.2, 0.25) is 0 Å². The van der Waals surface area contributed by atoms with Crippen LogP contribution in [0.4, 0.5) is 0 Å². The van der Waals surface area contributed by atoms with Gasteiger partial charge in [0.05, 0.1) is 24.8 Å². The summed E-state index contributed by atoms with van der Waals surface area (Å²) < 4.78 is 11.6. The number of nitrogens with two attached hydrogens (primary N) is 1. The van der Waals surface area contributed by atoms with Gasteiger partial charge in [0.15, 0.2) is 11.5 Å². The molecule has 1 unspecified atom stereocenters. The Labute approximate surface area is 156 Å². The maximum absolute atomic E-state index is 12.7. The number of ether oxygens (including phenoxy) is 2. The first kappa shape index (κ1) is 19.0. The van der Waals surface area contributed by atoms with E-state index in [1.165, 1.54) is 19.3 Å². The molecule has 0 saturated heterocycles. The molecule has 3 rings (SSSR count). The van der Waals surface area contributed by atoms with Gasteiger partial charge in [-0.05, 0) is 63.1 Å². The third-order valence-electron chi connectivity index (χ3n) is 5.83. The molecule has 144 valence electrons. The smallest absolute Gasteiger partial charge is 0.240 e. The van der Waals surface area contributed by atoms with Gasteiger partial charge in [0.1, 0.15) is 0 Å². The van der Waals surface area contributed by atoms with Gasteiger partial charge in [0.2, 0.25) is 5.91 Å². The minimum absolute atomic E-state index is 0.0463. The van der Waals surface area contributed by atoms with Crippen LogP contribution in [0.25, 0.3) is 0 Å². The van der Waals surface area contributed by atoms with Crippen molar-refractivity contribution in [2.24, 2.45) is 5.73 Å². The Bertz CT molecular complexity index is 620. The number of rotatable bonds is 6. The van der Waals surface area contributed by atoms with Crippen LogP contribution < -0.4 is 20.5 Å². The van der Waals surface area contributed by atoms with Crippen LogP contribution >= 0.6 is 0 Å². The van der Waals surface area contributed by atoms with Crippen molar-refractivity contribution < 1.29 is 14.3 Å². The van der Waals surface area contributed by atoms with Crippen molar-refractivity contribution in [1.82, 2.24) is 5.32 Å². The van der Waals surface area contributed by atoms with Gasteiger partial charge in [0, 0.05) is 0 Å². The molecule has 0 heterocycles. The maximum Gasteiger partial charge on any atom is 0.240 e. The van der Waals surface area contributed by atoms with Gasteiger partial charge in [0.25, 0.3) is 0 Å². The topological polar surface area (TPSA) is 73.6 Å². The van der Waals surface area contributed by atoms with E-state index in [4.69, 9.17) is 15.2 Å². The molecule has 2 saturated carbocycles. The number of hydrogen-bond acceptors (Lipinski definition) is 4. The molecule has 1 aromatic carbocycles. The Hall–Kier alpha value is -1.75. The number of carbonyl (C=O) groups excluding carboxylic acids is 1. The lowest BCUT2D eigenvalue weighted by molar-refractivity contribution is -0.128. The first-order valence-corrected chi connectivity index (χ1v) is 9.96. The molecule has 0 aliphatic heterocycles. The van der Waals surface area contributed by atoms with Gasteiger partial charge < -0.3 is 20.5 Å². The summed E-state index contributed by atoms with van der Waals surface area (Å²) in [6.07, 6.45) is 9.72. The lowest BCUT2D eigenvalue weighted by Gasteiger charge is -2.33. The Morgan fingerprint density at radius 1 is 1.15 bits per heavy atom. The molecule has 5 nitrogen and oxygen atoms in total. The van der Waals surface area contributed by atoms with Crippen molar-refractivity contribution in [3.63, 3.8) is 0 Å². The highest BCUT2D eigenvalue weighted by Gasteiger charge is 2.35. The van der Waals surface area contributed by atoms with Crippen LogP contribution in [-0.4, -0.2) is 24.7 Å². The zero-order chi connectivity index (χ0) is 18.6. The zero-order valence-electron chi connectivity index (χ0n) is 16.1. The number of hydrogen-bond donors (Lipinski definition) is 2. The minimum Gasteiger partial charge on any atom is -0.493 e. The summed E-state index contributed by atoms with van der Waals surface area (Å²) in [5.74, 6) is 1.45. The number of benzene rings is 1. The van der Waals surface area contributed by atoms with E-state index in [0.717, 1.165) is 55.6 Å². The van der Waals surface area contributed by atoms with E-state index in [2.05, 4.69) is 5.32 Å². The van der Waals surface area contributed by atoms with Crippen LogP contribution in [0.3, 0.4) is 0 Å². The molecule has 5 heteroatoms. The zero-order valence-corrected chi connectivity index (χ0v) is 16.1. The molecular formula is C21H32N2O3. The Morgan fingerprint density at radius 3 is 2.50 bits per heavy atom. The monoisotopic (exact) mass is 360 g/mol. The summed E-state index contributed by atoms with van der Waals surface area (Å²) in [6.45, 7) is 1.98. The van der Waals surface area contributed by atoms with Crippen LogP contribution in [0, 0.1) is 0 Å². The molecule has 2 fully saturated rings. The first-order valence-electron chi connectivity index (χ1n) is 9.96. The maximum atomic E-state index is 12.7. The van der Waals surface area contributed by atoms with E-state index in [-0.39, 0.29) is 18.1 Å². The average molecular weight is 360 g/mol. The largest absolute Gasteiger partial charge is 0.493 e. The van der Waals surface area contributed by atoms with E-state index in [1.54, 1.807) is 7.11 Å². The molecule has 0 bridgehead atoms. The van der Waals surface area contributed by atoms with Crippen molar-refractivity contribution >= 4 is 5.91 Å². The molecule has 0 radical (unpaired) electrons. The summed E-state index contributed by atoms with van der Waals surface area (Å²) in [4.78, 5) is 12.7. The third kappa shape index (κ3) is 4.32. The second-order valence-electron chi connectivity index (χ2n) is 7.85. The summed E-state index contributed by atoms with van der Waals surface area (Å²) >= 11 is 0. The number of nitrogens with one attached hydrogen (secondary N) is 1. The molecule has 0 spiro atoms. The van der Waals surface area contributed by atoms with Gasteiger partial charge >= 0.3 is 0 Å². The fraction of sp³-hybridized carbons (Fsp3) is 0.667. The quantitative estimate of drug-likeness (QED) is 0.808. The molecule has 2 aliphatic carbocycles. The van der Waals surface area contributed by atoms with Crippen molar-refractivity contribution in [1.29, 1.82) is 0 Å². The molecule has 3 N–H and O–H groups in total. The molecule has 26 heavy (non-hydrogen) atoms. The lowest BCUT2D eigenvalue weighted by Crippen LogP contribution is -2.55. The highest BCUT2D eigenvalue weighted by molar-refractivity contribution is 5.86. The third-order valence-corrected chi connectivity index (χ3v) is 5.83. The Kier molecular flexibility index (Phi) is 6.07. The fourth-order valence-electron chi connectivity index (χ4n) is 4.07. The molecule has 0 aromatic heterocycles. The van der Waals surface area contributed by atoms with Crippen LogP contribution in [0.5, 0.6) is 11.5 Å². The number of carbonyl (C=O) groups is 1. The average Bonchev–Trinajstić information content (AvgIpc) is 3.15. The fourth-order valence-corrected chi connectivity index (χ4v) is 4.07. The molecular weight excluding hydrogens is 328 g/mol. The highest BCUT2D eigenvalue weighted by Crippen LogP contribution is 2.34. The predicted octanol–water partition coefficient (Wildman–Crippen LogP) is 3.86. The Balaban J connectivity index is 1.66. The van der Waals surface area contributed by atoms with Crippen LogP contribution in [0.1, 0.15) is 76.3 Å². The Morgan fingerprint density at radius 2 is 1.85 bits per heavy atom. The van der Waals surface area contributed by atoms with Gasteiger partial charge in [-0.2, -0.15) is 0 Å². The van der Waals surface area contributed by atoms with Crippen LogP contribution in [-0.2, 0) is 4.79 Å². The van der Waals surface area contributed by atoms with Gasteiger partial charge in [-0.15, -0.1) is 0 Å². The summed E-state index contributed by atoms with van der Waals surface area (Å²) in [6, 6.07) is 5.79. The van der Waals surface area contributed by atoms with Gasteiger partial charge in [-0.3, -0.25) is 4.79 Å². The van der Waals surface area contributed by atoms with Crippen molar-refractivity contribution in [3.05, 3.63) is 23.8 Å².